The van der Waals surface area contributed by atoms with Gasteiger partial charge in [0.15, 0.2) is 5.96 Å². The van der Waals surface area contributed by atoms with Gasteiger partial charge in [0.1, 0.15) is 5.82 Å². The summed E-state index contributed by atoms with van der Waals surface area (Å²) < 4.78 is 18.9. The van der Waals surface area contributed by atoms with Crippen LogP contribution in [0.3, 0.4) is 0 Å². The standard InChI is InChI=1S/C16H26FN3O.HI/c1-4-5-9-21-10-8-19-16(18-3)20-12-14-7-6-13(2)15(17)11-14;/h6-7,11H,4-5,8-10,12H2,1-3H3,(H2,18,19,20);1H. The van der Waals surface area contributed by atoms with Gasteiger partial charge in [-0.05, 0) is 30.5 Å². The molecule has 4 nitrogen and oxygen atoms in total. The topological polar surface area (TPSA) is 45.6 Å². The van der Waals surface area contributed by atoms with Crippen LogP contribution in [0.1, 0.15) is 30.9 Å². The predicted octanol–water partition coefficient (Wildman–Crippen LogP) is 3.23. The molecular formula is C16H27FIN3O. The van der Waals surface area contributed by atoms with E-state index in [1.807, 2.05) is 6.07 Å². The minimum absolute atomic E-state index is 0. The lowest BCUT2D eigenvalue weighted by Crippen LogP contribution is -2.38. The quantitative estimate of drug-likeness (QED) is 0.292. The van der Waals surface area contributed by atoms with Gasteiger partial charge in [0, 0.05) is 26.7 Å². The van der Waals surface area contributed by atoms with E-state index >= 15 is 0 Å². The van der Waals surface area contributed by atoms with Gasteiger partial charge in [-0.3, -0.25) is 4.99 Å². The minimum Gasteiger partial charge on any atom is -0.380 e. The molecule has 0 aliphatic heterocycles. The van der Waals surface area contributed by atoms with Crippen LogP contribution >= 0.6 is 24.0 Å². The number of aryl methyl sites for hydroxylation is 1. The Kier molecular flexibility index (Phi) is 12.1. The van der Waals surface area contributed by atoms with E-state index in [-0.39, 0.29) is 29.8 Å². The Balaban J connectivity index is 0.00000441. The Labute approximate surface area is 149 Å². The van der Waals surface area contributed by atoms with Crippen molar-refractivity contribution in [2.24, 2.45) is 4.99 Å². The summed E-state index contributed by atoms with van der Waals surface area (Å²) in [5.41, 5.74) is 1.55. The number of unbranched alkanes of at least 4 members (excludes halogenated alkanes) is 1. The number of rotatable bonds is 8. The highest BCUT2D eigenvalue weighted by molar-refractivity contribution is 14.0. The van der Waals surface area contributed by atoms with Crippen molar-refractivity contribution in [2.75, 3.05) is 26.8 Å². The third-order valence-corrected chi connectivity index (χ3v) is 3.10. The predicted molar refractivity (Wildman–Crippen MR) is 100 cm³/mol. The van der Waals surface area contributed by atoms with Crippen molar-refractivity contribution in [1.82, 2.24) is 10.6 Å². The molecule has 0 fully saturated rings. The van der Waals surface area contributed by atoms with Gasteiger partial charge < -0.3 is 15.4 Å². The third-order valence-electron chi connectivity index (χ3n) is 3.10. The second-order valence-electron chi connectivity index (χ2n) is 4.90. The van der Waals surface area contributed by atoms with Gasteiger partial charge in [0.2, 0.25) is 0 Å². The highest BCUT2D eigenvalue weighted by Gasteiger charge is 2.01. The van der Waals surface area contributed by atoms with Gasteiger partial charge in [0.05, 0.1) is 6.61 Å². The van der Waals surface area contributed by atoms with Crippen LogP contribution in [0.2, 0.25) is 0 Å². The molecule has 0 heterocycles. The highest BCUT2D eigenvalue weighted by Crippen LogP contribution is 2.08. The normalized spacial score (nSPS) is 11.0. The van der Waals surface area contributed by atoms with E-state index in [4.69, 9.17) is 4.74 Å². The largest absolute Gasteiger partial charge is 0.380 e. The second kappa shape index (κ2) is 12.6. The molecule has 0 atom stereocenters. The SMILES string of the molecule is CCCCOCCNC(=NC)NCc1ccc(C)c(F)c1.I. The molecule has 0 radical (unpaired) electrons. The summed E-state index contributed by atoms with van der Waals surface area (Å²) in [5, 5.41) is 6.31. The first-order valence-electron chi connectivity index (χ1n) is 7.44. The van der Waals surface area contributed by atoms with Crippen LogP contribution in [0.15, 0.2) is 23.2 Å². The lowest BCUT2D eigenvalue weighted by Gasteiger charge is -2.12. The van der Waals surface area contributed by atoms with Gasteiger partial charge in [-0.15, -0.1) is 24.0 Å². The molecule has 0 aliphatic carbocycles. The van der Waals surface area contributed by atoms with Gasteiger partial charge in [-0.2, -0.15) is 0 Å². The number of nitrogens with one attached hydrogen (secondary N) is 2. The number of nitrogens with zero attached hydrogens (tertiary/aromatic N) is 1. The van der Waals surface area contributed by atoms with Crippen LogP contribution in [-0.4, -0.2) is 32.8 Å². The Morgan fingerprint density at radius 2 is 2.05 bits per heavy atom. The number of guanidine groups is 1. The zero-order chi connectivity index (χ0) is 15.5. The molecule has 0 spiro atoms. The first kappa shape index (κ1) is 21.1. The van der Waals surface area contributed by atoms with Crippen LogP contribution in [0, 0.1) is 12.7 Å². The molecule has 6 heteroatoms. The van der Waals surface area contributed by atoms with E-state index in [0.717, 1.165) is 25.0 Å². The Hall–Kier alpha value is -0.890. The molecule has 0 unspecified atom stereocenters. The summed E-state index contributed by atoms with van der Waals surface area (Å²) in [5.74, 6) is 0.511. The highest BCUT2D eigenvalue weighted by atomic mass is 127. The molecule has 1 aromatic carbocycles. The molecule has 0 saturated carbocycles. The van der Waals surface area contributed by atoms with Gasteiger partial charge in [-0.1, -0.05) is 25.5 Å². The van der Waals surface area contributed by atoms with Gasteiger partial charge >= 0.3 is 0 Å². The van der Waals surface area contributed by atoms with Crippen molar-refractivity contribution in [3.63, 3.8) is 0 Å². The fourth-order valence-electron chi connectivity index (χ4n) is 1.74. The number of benzene rings is 1. The van der Waals surface area contributed by atoms with Crippen molar-refractivity contribution < 1.29 is 9.13 Å². The molecule has 0 amide bonds. The molecule has 0 saturated heterocycles. The number of hydrogen-bond donors (Lipinski definition) is 2. The first-order chi connectivity index (χ1) is 10.2. The van der Waals surface area contributed by atoms with Crippen LogP contribution in [0.25, 0.3) is 0 Å². The summed E-state index contributed by atoms with van der Waals surface area (Å²) in [6, 6.07) is 5.24. The molecule has 0 aliphatic rings. The maximum absolute atomic E-state index is 13.4. The van der Waals surface area contributed by atoms with E-state index in [1.54, 1.807) is 26.1 Å². The Morgan fingerprint density at radius 1 is 1.27 bits per heavy atom. The lowest BCUT2D eigenvalue weighted by atomic mass is 10.1. The summed E-state index contributed by atoms with van der Waals surface area (Å²) in [6.07, 6.45) is 2.23. The third kappa shape index (κ3) is 8.53. The number of aliphatic imine (C=N–C) groups is 1. The molecular weight excluding hydrogens is 396 g/mol. The molecule has 0 aromatic heterocycles. The van der Waals surface area contributed by atoms with Crippen molar-refractivity contribution in [1.29, 1.82) is 0 Å². The Morgan fingerprint density at radius 3 is 2.68 bits per heavy atom. The minimum atomic E-state index is -0.179. The van der Waals surface area contributed by atoms with E-state index in [2.05, 4.69) is 22.5 Å². The maximum atomic E-state index is 13.4. The number of halogens is 2. The lowest BCUT2D eigenvalue weighted by molar-refractivity contribution is 0.136. The Bertz CT molecular complexity index is 455. The van der Waals surface area contributed by atoms with Crippen molar-refractivity contribution in [2.45, 2.75) is 33.2 Å². The summed E-state index contributed by atoms with van der Waals surface area (Å²) >= 11 is 0. The second-order valence-corrected chi connectivity index (χ2v) is 4.90. The van der Waals surface area contributed by atoms with Crippen LogP contribution in [-0.2, 0) is 11.3 Å². The number of hydrogen-bond acceptors (Lipinski definition) is 2. The van der Waals surface area contributed by atoms with Crippen LogP contribution < -0.4 is 10.6 Å². The summed E-state index contributed by atoms with van der Waals surface area (Å²) in [6.45, 7) is 6.58. The number of ether oxygens (including phenoxy) is 1. The average molecular weight is 423 g/mol. The first-order valence-corrected chi connectivity index (χ1v) is 7.44. The molecule has 126 valence electrons. The molecule has 2 N–H and O–H groups in total. The zero-order valence-electron chi connectivity index (χ0n) is 13.6. The molecule has 1 rings (SSSR count). The van der Waals surface area contributed by atoms with E-state index in [9.17, 15) is 4.39 Å². The maximum Gasteiger partial charge on any atom is 0.191 e. The van der Waals surface area contributed by atoms with Crippen LogP contribution in [0.5, 0.6) is 0 Å². The van der Waals surface area contributed by atoms with Crippen molar-refractivity contribution in [3.8, 4) is 0 Å². The van der Waals surface area contributed by atoms with E-state index < -0.39 is 0 Å². The fourth-order valence-corrected chi connectivity index (χ4v) is 1.74. The summed E-state index contributed by atoms with van der Waals surface area (Å²) in [7, 11) is 1.71. The monoisotopic (exact) mass is 423 g/mol. The molecule has 1 aromatic rings. The van der Waals surface area contributed by atoms with Crippen molar-refractivity contribution in [3.05, 3.63) is 35.1 Å². The molecule has 0 bridgehead atoms. The van der Waals surface area contributed by atoms with Crippen LogP contribution in [0.4, 0.5) is 4.39 Å². The fraction of sp³-hybridized carbons (Fsp3) is 0.562. The van der Waals surface area contributed by atoms with E-state index in [0.29, 0.717) is 31.2 Å². The zero-order valence-corrected chi connectivity index (χ0v) is 15.9. The van der Waals surface area contributed by atoms with Crippen molar-refractivity contribution >= 4 is 29.9 Å². The molecule has 22 heavy (non-hydrogen) atoms. The van der Waals surface area contributed by atoms with E-state index in [1.165, 1.54) is 0 Å². The van der Waals surface area contributed by atoms with Gasteiger partial charge in [-0.25, -0.2) is 4.39 Å². The van der Waals surface area contributed by atoms with Gasteiger partial charge in [0.25, 0.3) is 0 Å². The summed E-state index contributed by atoms with van der Waals surface area (Å²) in [4.78, 5) is 4.12. The smallest absolute Gasteiger partial charge is 0.191 e. The average Bonchev–Trinajstić information content (AvgIpc) is 2.49.